The maximum absolute atomic E-state index is 14.0. The maximum atomic E-state index is 14.0. The van der Waals surface area contributed by atoms with Crippen LogP contribution in [0.15, 0.2) is 30.9 Å². The summed E-state index contributed by atoms with van der Waals surface area (Å²) in [6, 6.07) is 4.78. The number of carbonyl (C=O) groups excluding carboxylic acids is 1. The highest BCUT2D eigenvalue weighted by Crippen LogP contribution is 2.35. The number of morpholine rings is 1. The summed E-state index contributed by atoms with van der Waals surface area (Å²) in [6.07, 6.45) is 4.42. The van der Waals surface area contributed by atoms with Crippen molar-refractivity contribution in [3.8, 4) is 17.8 Å². The summed E-state index contributed by atoms with van der Waals surface area (Å²) in [6.45, 7) is 2.76. The van der Waals surface area contributed by atoms with Crippen molar-refractivity contribution in [2.24, 2.45) is 0 Å². The molecule has 0 spiro atoms. The summed E-state index contributed by atoms with van der Waals surface area (Å²) in [5, 5.41) is 20.1. The van der Waals surface area contributed by atoms with Gasteiger partial charge in [0.2, 0.25) is 5.91 Å². The van der Waals surface area contributed by atoms with Crippen LogP contribution in [0.25, 0.3) is 5.95 Å². The molecule has 0 saturated carbocycles. The fourth-order valence-corrected chi connectivity index (χ4v) is 4.45. The molecule has 0 unspecified atom stereocenters. The molecule has 2 aromatic heterocycles. The van der Waals surface area contributed by atoms with E-state index in [2.05, 4.69) is 30.4 Å². The van der Waals surface area contributed by atoms with Crippen LogP contribution in [-0.2, 0) is 16.0 Å². The lowest BCUT2D eigenvalue weighted by Gasteiger charge is -2.46. The Labute approximate surface area is 199 Å². The zero-order chi connectivity index (χ0) is 24.4. The molecular weight excluding hydrogens is 457 g/mol. The van der Waals surface area contributed by atoms with Crippen LogP contribution in [0, 0.1) is 17.1 Å². The second kappa shape index (κ2) is 9.69. The van der Waals surface area contributed by atoms with Gasteiger partial charge in [0.05, 0.1) is 32.3 Å². The molecule has 2 atom stereocenters. The molecule has 0 N–H and O–H groups in total. The molecule has 2 fully saturated rings. The third-order valence-corrected chi connectivity index (χ3v) is 6.25. The predicted octanol–water partition coefficient (Wildman–Crippen LogP) is 0.298. The number of methoxy groups -OCH3 is 1. The summed E-state index contributed by atoms with van der Waals surface area (Å²) in [5.41, 5.74) is 1.22. The van der Waals surface area contributed by atoms with Crippen molar-refractivity contribution in [3.63, 3.8) is 0 Å². The fourth-order valence-electron chi connectivity index (χ4n) is 4.45. The molecule has 5 rings (SSSR count). The van der Waals surface area contributed by atoms with Crippen molar-refractivity contribution in [1.29, 1.82) is 5.26 Å². The van der Waals surface area contributed by atoms with E-state index >= 15 is 0 Å². The van der Waals surface area contributed by atoms with E-state index in [9.17, 15) is 14.4 Å². The molecule has 1 aromatic carbocycles. The number of benzene rings is 1. The van der Waals surface area contributed by atoms with E-state index < -0.39 is 5.82 Å². The molecule has 35 heavy (non-hydrogen) atoms. The number of carbonyl (C=O) groups is 1. The van der Waals surface area contributed by atoms with Crippen LogP contribution in [0.5, 0.6) is 5.75 Å². The van der Waals surface area contributed by atoms with Gasteiger partial charge in [-0.2, -0.15) is 9.94 Å². The number of hydrogen-bond acceptors (Lipinski definition) is 10. The fraction of sp³-hybridized carbons (Fsp3) is 0.409. The van der Waals surface area contributed by atoms with Crippen LogP contribution >= 0.6 is 0 Å². The topological polar surface area (TPSA) is 135 Å². The number of rotatable bonds is 5. The van der Waals surface area contributed by atoms with Crippen molar-refractivity contribution in [1.82, 2.24) is 40.0 Å². The van der Waals surface area contributed by atoms with Gasteiger partial charge < -0.3 is 14.4 Å². The minimum Gasteiger partial charge on any atom is -0.495 e. The highest BCUT2D eigenvalue weighted by atomic mass is 19.1. The predicted molar refractivity (Wildman–Crippen MR) is 117 cm³/mol. The largest absolute Gasteiger partial charge is 0.495 e. The second-order valence-corrected chi connectivity index (χ2v) is 8.29. The Bertz CT molecular complexity index is 1250. The van der Waals surface area contributed by atoms with E-state index in [0.29, 0.717) is 49.9 Å². The lowest BCUT2D eigenvalue weighted by molar-refractivity contribution is -0.139. The van der Waals surface area contributed by atoms with Gasteiger partial charge in [0, 0.05) is 44.1 Å². The zero-order valence-electron chi connectivity index (χ0n) is 18.9. The molecule has 13 heteroatoms. The van der Waals surface area contributed by atoms with Gasteiger partial charge in [-0.05, 0) is 28.1 Å². The van der Waals surface area contributed by atoms with Crippen LogP contribution in [0.2, 0.25) is 0 Å². The Morgan fingerprint density at radius 3 is 2.83 bits per heavy atom. The van der Waals surface area contributed by atoms with Gasteiger partial charge in [-0.3, -0.25) is 9.69 Å². The van der Waals surface area contributed by atoms with E-state index in [1.807, 2.05) is 11.0 Å². The molecular formula is C22H22FN9O3. The molecule has 12 nitrogen and oxygen atoms in total. The number of amides is 1. The van der Waals surface area contributed by atoms with Crippen molar-refractivity contribution >= 4 is 5.91 Å². The van der Waals surface area contributed by atoms with Gasteiger partial charge in [-0.25, -0.2) is 14.4 Å². The SMILES string of the molecule is COc1c([C@@H]2CN3CCN(C(=O)Cc4cnc(-n5cnnn5)nc4)C[C@H]3CO2)ccc(F)c1C#N. The van der Waals surface area contributed by atoms with E-state index in [1.165, 1.54) is 24.2 Å². The average molecular weight is 479 g/mol. The molecule has 0 aliphatic carbocycles. The standard InChI is InChI=1S/C22H22FN9O3/c1-34-21-16(2-3-18(23)17(21)7-24)19-11-30-4-5-31(10-15(30)12-35-19)20(33)6-14-8-25-22(26-9-14)32-13-27-28-29-32/h2-3,8-9,13,15,19H,4-6,10-12H2,1H3/t15-,19-/m0/s1. The lowest BCUT2D eigenvalue weighted by atomic mass is 10.00. The first-order valence-corrected chi connectivity index (χ1v) is 11.0. The van der Waals surface area contributed by atoms with Gasteiger partial charge in [0.1, 0.15) is 29.5 Å². The number of piperazine rings is 1. The Morgan fingerprint density at radius 2 is 2.11 bits per heavy atom. The molecule has 4 heterocycles. The van der Waals surface area contributed by atoms with Crippen LogP contribution < -0.4 is 4.74 Å². The van der Waals surface area contributed by atoms with Gasteiger partial charge in [0.15, 0.2) is 0 Å². The first-order chi connectivity index (χ1) is 17.1. The van der Waals surface area contributed by atoms with Crippen LogP contribution in [-0.4, -0.2) is 91.8 Å². The molecule has 0 bridgehead atoms. The lowest BCUT2D eigenvalue weighted by Crippen LogP contribution is -2.59. The van der Waals surface area contributed by atoms with Gasteiger partial charge >= 0.3 is 0 Å². The normalized spacial score (nSPS) is 20.2. The number of ether oxygens (including phenoxy) is 2. The monoisotopic (exact) mass is 479 g/mol. The van der Waals surface area contributed by atoms with Crippen molar-refractivity contribution in [3.05, 3.63) is 53.4 Å². The molecule has 0 radical (unpaired) electrons. The molecule has 180 valence electrons. The number of halogens is 1. The number of nitrogens with zero attached hydrogens (tertiary/aromatic N) is 9. The van der Waals surface area contributed by atoms with Crippen LogP contribution in [0.3, 0.4) is 0 Å². The Hall–Kier alpha value is -4.02. The summed E-state index contributed by atoms with van der Waals surface area (Å²) in [4.78, 5) is 25.4. The van der Waals surface area contributed by atoms with Gasteiger partial charge in [0.25, 0.3) is 5.95 Å². The minimum atomic E-state index is -0.621. The third-order valence-electron chi connectivity index (χ3n) is 6.25. The maximum Gasteiger partial charge on any atom is 0.253 e. The number of tetrazole rings is 1. The number of hydrogen-bond donors (Lipinski definition) is 0. The molecule has 1 amide bonds. The quantitative estimate of drug-likeness (QED) is 0.503. The molecule has 3 aromatic rings. The van der Waals surface area contributed by atoms with Gasteiger partial charge in [-0.1, -0.05) is 0 Å². The average Bonchev–Trinajstić information content (AvgIpc) is 3.43. The van der Waals surface area contributed by atoms with Crippen LogP contribution in [0.1, 0.15) is 22.8 Å². The van der Waals surface area contributed by atoms with Crippen molar-refractivity contribution in [2.45, 2.75) is 18.6 Å². The number of fused-ring (bicyclic) bond motifs is 1. The highest BCUT2D eigenvalue weighted by Gasteiger charge is 2.36. The van der Waals surface area contributed by atoms with E-state index in [4.69, 9.17) is 9.47 Å². The second-order valence-electron chi connectivity index (χ2n) is 8.29. The van der Waals surface area contributed by atoms with Crippen molar-refractivity contribution < 1.29 is 18.7 Å². The minimum absolute atomic E-state index is 0.00980. The van der Waals surface area contributed by atoms with Crippen molar-refractivity contribution in [2.75, 3.05) is 39.9 Å². The molecule has 2 aliphatic rings. The Balaban J connectivity index is 1.20. The van der Waals surface area contributed by atoms with E-state index in [0.717, 1.165) is 0 Å². The van der Waals surface area contributed by atoms with E-state index in [1.54, 1.807) is 18.5 Å². The zero-order valence-corrected chi connectivity index (χ0v) is 18.9. The summed E-state index contributed by atoms with van der Waals surface area (Å²) >= 11 is 0. The third kappa shape index (κ3) is 4.53. The summed E-state index contributed by atoms with van der Waals surface area (Å²) < 4.78 is 26.8. The number of aromatic nitrogens is 6. The smallest absolute Gasteiger partial charge is 0.253 e. The highest BCUT2D eigenvalue weighted by molar-refractivity contribution is 5.78. The Morgan fingerprint density at radius 1 is 1.29 bits per heavy atom. The molecule has 2 aliphatic heterocycles. The first kappa shape index (κ1) is 22.8. The van der Waals surface area contributed by atoms with E-state index in [-0.39, 0.29) is 35.8 Å². The summed E-state index contributed by atoms with van der Waals surface area (Å²) in [5.74, 6) is -0.0970. The van der Waals surface area contributed by atoms with Gasteiger partial charge in [-0.15, -0.1) is 5.10 Å². The van der Waals surface area contributed by atoms with Crippen LogP contribution in [0.4, 0.5) is 4.39 Å². The first-order valence-electron chi connectivity index (χ1n) is 11.0. The summed E-state index contributed by atoms with van der Waals surface area (Å²) in [7, 11) is 1.42. The Kier molecular flexibility index (Phi) is 6.30. The molecule has 2 saturated heterocycles. The number of nitriles is 1.